The summed E-state index contributed by atoms with van der Waals surface area (Å²) in [7, 11) is 0. The lowest BCUT2D eigenvalue weighted by Gasteiger charge is -2.06. The Labute approximate surface area is 57.5 Å². The van der Waals surface area contributed by atoms with Crippen molar-refractivity contribution in [2.75, 3.05) is 0 Å². The van der Waals surface area contributed by atoms with E-state index in [1.807, 2.05) is 0 Å². The van der Waals surface area contributed by atoms with Crippen LogP contribution in [0.4, 0.5) is 0 Å². The molecule has 0 aliphatic carbocycles. The fraction of sp³-hybridized carbons (Fsp3) is 0.500. The molecule has 1 N–H and O–H groups in total. The molecule has 0 saturated heterocycles. The average Bonchev–Trinajstić information content (AvgIpc) is 1.87. The third-order valence-corrected chi connectivity index (χ3v) is 1.21. The summed E-state index contributed by atoms with van der Waals surface area (Å²) in [6.45, 7) is 11.7. The van der Waals surface area contributed by atoms with Crippen molar-refractivity contribution in [1.29, 1.82) is 0 Å². The van der Waals surface area contributed by atoms with Gasteiger partial charge in [-0.1, -0.05) is 27.0 Å². The van der Waals surface area contributed by atoms with Crippen molar-refractivity contribution in [1.82, 2.24) is 5.32 Å². The molecule has 0 fully saturated rings. The Morgan fingerprint density at radius 1 is 1.11 bits per heavy atom. The predicted molar refractivity (Wildman–Crippen MR) is 42.0 cm³/mol. The highest BCUT2D eigenvalue weighted by molar-refractivity contribution is 5.02. The maximum Gasteiger partial charge on any atom is 0.00727 e. The lowest BCUT2D eigenvalue weighted by Crippen LogP contribution is -2.08. The molecule has 0 bridgehead atoms. The Morgan fingerprint density at radius 3 is 1.67 bits per heavy atom. The van der Waals surface area contributed by atoms with Crippen molar-refractivity contribution >= 4 is 0 Å². The summed E-state index contributed by atoms with van der Waals surface area (Å²) in [5.74, 6) is 0. The van der Waals surface area contributed by atoms with Crippen LogP contribution in [0, 0.1) is 0 Å². The van der Waals surface area contributed by atoms with Gasteiger partial charge in [0, 0.05) is 11.4 Å². The van der Waals surface area contributed by atoms with Crippen molar-refractivity contribution in [3.63, 3.8) is 0 Å². The van der Waals surface area contributed by atoms with Crippen molar-refractivity contribution in [2.45, 2.75) is 26.7 Å². The third-order valence-electron chi connectivity index (χ3n) is 1.21. The molecule has 0 aromatic heterocycles. The largest absolute Gasteiger partial charge is 0.363 e. The minimum Gasteiger partial charge on any atom is -0.363 e. The van der Waals surface area contributed by atoms with Gasteiger partial charge in [-0.25, -0.2) is 0 Å². The van der Waals surface area contributed by atoms with Gasteiger partial charge in [0.15, 0.2) is 0 Å². The van der Waals surface area contributed by atoms with E-state index in [1.165, 1.54) is 0 Å². The Hall–Kier alpha value is -0.720. The molecule has 52 valence electrons. The van der Waals surface area contributed by atoms with Gasteiger partial charge in [0.2, 0.25) is 0 Å². The number of hydrogen-bond donors (Lipinski definition) is 1. The molecule has 0 unspecified atom stereocenters. The van der Waals surface area contributed by atoms with Gasteiger partial charge >= 0.3 is 0 Å². The van der Waals surface area contributed by atoms with Gasteiger partial charge in [0.1, 0.15) is 0 Å². The zero-order valence-corrected chi connectivity index (χ0v) is 6.33. The van der Waals surface area contributed by atoms with Gasteiger partial charge in [0.25, 0.3) is 0 Å². The van der Waals surface area contributed by atoms with Crippen LogP contribution in [-0.2, 0) is 0 Å². The first-order valence-corrected chi connectivity index (χ1v) is 3.33. The topological polar surface area (TPSA) is 12.0 Å². The number of nitrogens with one attached hydrogen (secondary N) is 1. The van der Waals surface area contributed by atoms with E-state index >= 15 is 0 Å². The van der Waals surface area contributed by atoms with Gasteiger partial charge in [-0.15, -0.1) is 0 Å². The van der Waals surface area contributed by atoms with E-state index in [-0.39, 0.29) is 0 Å². The Kier molecular flexibility index (Phi) is 3.85. The molecular formula is C8H15N. The van der Waals surface area contributed by atoms with Crippen LogP contribution >= 0.6 is 0 Å². The zero-order valence-electron chi connectivity index (χ0n) is 6.33. The summed E-state index contributed by atoms with van der Waals surface area (Å²) in [6, 6.07) is 0. The van der Waals surface area contributed by atoms with Crippen molar-refractivity contribution in [2.24, 2.45) is 0 Å². The second kappa shape index (κ2) is 4.19. The van der Waals surface area contributed by atoms with E-state index in [9.17, 15) is 0 Å². The number of allylic oxidation sites excluding steroid dienone is 2. The summed E-state index contributed by atoms with van der Waals surface area (Å²) >= 11 is 0. The fourth-order valence-electron chi connectivity index (χ4n) is 0.427. The van der Waals surface area contributed by atoms with Crippen molar-refractivity contribution in [3.8, 4) is 0 Å². The zero-order chi connectivity index (χ0) is 7.28. The molecule has 0 aromatic carbocycles. The highest BCUT2D eigenvalue weighted by Crippen LogP contribution is 1.97. The van der Waals surface area contributed by atoms with Crippen LogP contribution in [0.2, 0.25) is 0 Å². The first kappa shape index (κ1) is 8.28. The van der Waals surface area contributed by atoms with Gasteiger partial charge in [0.05, 0.1) is 0 Å². The normalized spacial score (nSPS) is 8.67. The van der Waals surface area contributed by atoms with E-state index in [0.29, 0.717) is 0 Å². The number of rotatable bonds is 4. The lowest BCUT2D eigenvalue weighted by atomic mass is 10.3. The van der Waals surface area contributed by atoms with Crippen molar-refractivity contribution in [3.05, 3.63) is 24.6 Å². The third kappa shape index (κ3) is 3.83. The molecule has 1 heteroatoms. The van der Waals surface area contributed by atoms with Crippen LogP contribution in [0.3, 0.4) is 0 Å². The fourth-order valence-corrected chi connectivity index (χ4v) is 0.427. The molecule has 0 aliphatic heterocycles. The van der Waals surface area contributed by atoms with Crippen LogP contribution in [0.1, 0.15) is 26.7 Å². The van der Waals surface area contributed by atoms with Crippen molar-refractivity contribution < 1.29 is 0 Å². The van der Waals surface area contributed by atoms with Gasteiger partial charge in [-0.2, -0.15) is 0 Å². The molecule has 1 nitrogen and oxygen atoms in total. The Balaban J connectivity index is 3.47. The molecule has 0 saturated carbocycles. The molecule has 0 radical (unpaired) electrons. The summed E-state index contributed by atoms with van der Waals surface area (Å²) < 4.78 is 0. The lowest BCUT2D eigenvalue weighted by molar-refractivity contribution is 0.854. The van der Waals surface area contributed by atoms with E-state index in [4.69, 9.17) is 0 Å². The summed E-state index contributed by atoms with van der Waals surface area (Å²) in [4.78, 5) is 0. The molecule has 0 amide bonds. The molecule has 9 heavy (non-hydrogen) atoms. The molecule has 0 aromatic rings. The van der Waals surface area contributed by atoms with Crippen LogP contribution in [-0.4, -0.2) is 0 Å². The van der Waals surface area contributed by atoms with E-state index < -0.39 is 0 Å². The van der Waals surface area contributed by atoms with Crippen LogP contribution in [0.15, 0.2) is 24.6 Å². The summed E-state index contributed by atoms with van der Waals surface area (Å²) in [6.07, 6.45) is 1.94. The molecule has 0 heterocycles. The maximum absolute atomic E-state index is 3.79. The standard InChI is InChI=1S/C8H15N/c1-5-7(3)9-8(4)6-2/h9H,3-6H2,1-2H3. The van der Waals surface area contributed by atoms with Crippen LogP contribution in [0.5, 0.6) is 0 Å². The van der Waals surface area contributed by atoms with E-state index in [2.05, 4.69) is 32.3 Å². The smallest absolute Gasteiger partial charge is 0.00727 e. The van der Waals surface area contributed by atoms with Crippen LogP contribution in [0.25, 0.3) is 0 Å². The first-order chi connectivity index (χ1) is 4.20. The highest BCUT2D eigenvalue weighted by atomic mass is 14.9. The quantitative estimate of drug-likeness (QED) is 0.608. The van der Waals surface area contributed by atoms with E-state index in [1.54, 1.807) is 0 Å². The van der Waals surface area contributed by atoms with E-state index in [0.717, 1.165) is 24.2 Å². The predicted octanol–water partition coefficient (Wildman–Crippen LogP) is 2.42. The Morgan fingerprint density at radius 2 is 1.44 bits per heavy atom. The van der Waals surface area contributed by atoms with Gasteiger partial charge in [-0.05, 0) is 12.8 Å². The summed E-state index contributed by atoms with van der Waals surface area (Å²) in [5.41, 5.74) is 2.09. The summed E-state index contributed by atoms with van der Waals surface area (Å²) in [5, 5.41) is 3.09. The van der Waals surface area contributed by atoms with Gasteiger partial charge < -0.3 is 5.32 Å². The average molecular weight is 125 g/mol. The van der Waals surface area contributed by atoms with Crippen LogP contribution < -0.4 is 5.32 Å². The number of hydrogen-bond acceptors (Lipinski definition) is 1. The Bertz CT molecular complexity index is 99.7. The highest BCUT2D eigenvalue weighted by Gasteiger charge is 1.88. The molecule has 0 spiro atoms. The second-order valence-corrected chi connectivity index (χ2v) is 2.04. The molecule has 0 aliphatic rings. The van der Waals surface area contributed by atoms with Gasteiger partial charge in [-0.3, -0.25) is 0 Å². The maximum atomic E-state index is 3.79. The monoisotopic (exact) mass is 125 g/mol. The molecule has 0 atom stereocenters. The second-order valence-electron chi connectivity index (χ2n) is 2.04. The SMILES string of the molecule is C=C(CC)NC(=C)CC. The minimum atomic E-state index is 0.971. The molecule has 0 rings (SSSR count). The minimum absolute atomic E-state index is 0.971. The first-order valence-electron chi connectivity index (χ1n) is 3.33. The molecular weight excluding hydrogens is 110 g/mol.